The number of aliphatic hydroxyl groups excluding tert-OH is 1. The molecular formula is C66H84N8O10. The van der Waals surface area contributed by atoms with Gasteiger partial charge in [0, 0.05) is 35.7 Å². The Balaban J connectivity index is 0.000000130. The summed E-state index contributed by atoms with van der Waals surface area (Å²) in [6.45, 7) is 16.4. The van der Waals surface area contributed by atoms with Crippen LogP contribution in [0.3, 0.4) is 0 Å². The number of anilines is 1. The number of carbonyl (C=O) groups excluding carboxylic acids is 6. The number of carbonyl (C=O) groups is 6. The summed E-state index contributed by atoms with van der Waals surface area (Å²) in [5, 5.41) is 18.4. The quantitative estimate of drug-likeness (QED) is 0.0827. The van der Waals surface area contributed by atoms with Gasteiger partial charge in [0.1, 0.15) is 17.6 Å². The fourth-order valence-electron chi connectivity index (χ4n) is 16.3. The van der Waals surface area contributed by atoms with E-state index in [1.807, 2.05) is 95.9 Å². The summed E-state index contributed by atoms with van der Waals surface area (Å²) >= 11 is 0. The molecule has 18 heteroatoms. The third-order valence-electron chi connectivity index (χ3n) is 21.6. The van der Waals surface area contributed by atoms with Crippen molar-refractivity contribution in [3.05, 3.63) is 108 Å². The van der Waals surface area contributed by atoms with Gasteiger partial charge in [0.15, 0.2) is 18.0 Å². The predicted octanol–water partition coefficient (Wildman–Crippen LogP) is 7.30. The smallest absolute Gasteiger partial charge is 0.296 e. The van der Waals surface area contributed by atoms with E-state index in [1.165, 1.54) is 0 Å². The number of piperidine rings is 3. The molecular weight excluding hydrogens is 1060 g/mol. The Kier molecular flexibility index (Phi) is 15.7. The number of likely N-dealkylation sites (tertiary alicyclic amines) is 1. The molecule has 5 saturated carbocycles. The molecule has 18 nitrogen and oxygen atoms in total. The number of fused-ring (bicyclic) bond motifs is 7. The third-order valence-corrected chi connectivity index (χ3v) is 21.6. The highest BCUT2D eigenvalue weighted by Gasteiger charge is 2.74. The van der Waals surface area contributed by atoms with Gasteiger partial charge in [0.2, 0.25) is 29.4 Å². The van der Waals surface area contributed by atoms with Gasteiger partial charge < -0.3 is 55.4 Å². The molecule has 5 unspecified atom stereocenters. The molecule has 6 aliphatic heterocycles. The molecule has 6 N–H and O–H groups in total. The van der Waals surface area contributed by atoms with Crippen LogP contribution >= 0.6 is 0 Å². The Bertz CT molecular complexity index is 3120. The molecule has 15 rings (SSSR count). The van der Waals surface area contributed by atoms with Crippen LogP contribution in [0.1, 0.15) is 123 Å². The van der Waals surface area contributed by atoms with E-state index < -0.39 is 29.8 Å². The van der Waals surface area contributed by atoms with Gasteiger partial charge >= 0.3 is 0 Å². The molecule has 14 atom stereocenters. The fraction of sp³-hybridized carbons (Fsp3) is 0.591. The van der Waals surface area contributed by atoms with E-state index in [-0.39, 0.29) is 76.6 Å². The molecule has 7 heterocycles. The summed E-state index contributed by atoms with van der Waals surface area (Å²) in [6.07, 6.45) is 11.6. The van der Waals surface area contributed by atoms with Crippen molar-refractivity contribution >= 4 is 52.4 Å². The maximum absolute atomic E-state index is 14.4. The van der Waals surface area contributed by atoms with E-state index in [1.54, 1.807) is 15.9 Å². The Morgan fingerprint density at radius 2 is 1.40 bits per heavy atom. The minimum absolute atomic E-state index is 0.0178. The van der Waals surface area contributed by atoms with Crippen LogP contribution in [0.5, 0.6) is 0 Å². The minimum atomic E-state index is -1.04. The number of amides is 5. The molecule has 84 heavy (non-hydrogen) atoms. The first-order valence-electron chi connectivity index (χ1n) is 30.9. The number of primary amides is 1. The second-order valence-electron chi connectivity index (χ2n) is 27.4. The Labute approximate surface area is 492 Å². The second-order valence-corrected chi connectivity index (χ2v) is 27.4. The molecule has 3 aromatic carbocycles. The molecule has 5 saturated heterocycles. The first-order chi connectivity index (χ1) is 40.3. The summed E-state index contributed by atoms with van der Waals surface area (Å²) in [5.41, 5.74) is 9.44. The molecule has 0 spiro atoms. The van der Waals surface area contributed by atoms with Gasteiger partial charge in [0.25, 0.3) is 11.9 Å². The van der Waals surface area contributed by atoms with Gasteiger partial charge in [-0.1, -0.05) is 159 Å². The summed E-state index contributed by atoms with van der Waals surface area (Å²) in [7, 11) is 0. The van der Waals surface area contributed by atoms with Crippen LogP contribution < -0.4 is 21.7 Å². The zero-order valence-electron chi connectivity index (χ0n) is 49.4. The predicted molar refractivity (Wildman–Crippen MR) is 313 cm³/mol. The molecule has 10 fully saturated rings. The van der Waals surface area contributed by atoms with Crippen LogP contribution in [0.4, 0.5) is 6.01 Å². The van der Waals surface area contributed by atoms with E-state index in [9.17, 15) is 28.8 Å². The number of ether oxygens (including phenoxy) is 2. The number of ketones is 1. The number of benzene rings is 3. The molecule has 1 aromatic heterocycles. The number of para-hydroxylation sites is 2. The van der Waals surface area contributed by atoms with Crippen LogP contribution in [0, 0.1) is 63.6 Å². The molecule has 0 bridgehead atoms. The molecule has 4 aromatic rings. The topological polar surface area (TPSA) is 239 Å². The average Bonchev–Trinajstić information content (AvgIpc) is 1.61. The third kappa shape index (κ3) is 10.6. The van der Waals surface area contributed by atoms with Crippen molar-refractivity contribution in [1.82, 2.24) is 30.3 Å². The Morgan fingerprint density at radius 1 is 0.762 bits per heavy atom. The Morgan fingerprint density at radius 3 is 2.01 bits per heavy atom. The number of nitrogens with two attached hydrogens (primary N) is 1. The van der Waals surface area contributed by atoms with E-state index in [2.05, 4.69) is 62.5 Å². The standard InChI is InChI=1S/C31H41N5O5.C15H17NO2.C12H11NO2.C8H15NO/c1-31(2)19-16-36(25(23(19)31)28(39)33-21(26(37)27(32)38)15-17-9-8-10-17)29(40)24(18-11-4-3-5-12-18)35-30-34-20-13-6-7-14-22(20)41-30;1-15(2)11-10-8-18-14(9-6-4-3-5-7-9)16(10)13(17)12(11)15;14-11-7-6-10-8-15-12(13(10)11)9-4-2-1-3-5-9;1-8(2)5-3-9-6(4-10)7(5)8/h6-7,13-14,17-19,21,23-25H,3-5,8-12,15-16H2,1-2H3,(H2,32,38)(H,33,39)(H,34,35);3-7,10-12,14H,8H2,1-2H3;1-7,10,12H,8H2;5-7,9-10H,3-4H2,1-2H3/t19-,21?,23?,24-,25-;10?,11-,12-,14-;10?,12-;5-,6?,7-/m0110/s1. The summed E-state index contributed by atoms with van der Waals surface area (Å²) in [4.78, 5) is 86.9. The second kappa shape index (κ2) is 22.8. The number of nitrogens with zero attached hydrogens (tertiary/aromatic N) is 4. The summed E-state index contributed by atoms with van der Waals surface area (Å²) in [6, 6.07) is 26.2. The van der Waals surface area contributed by atoms with Crippen molar-refractivity contribution in [1.29, 1.82) is 0 Å². The van der Waals surface area contributed by atoms with Gasteiger partial charge in [0.05, 0.1) is 37.9 Å². The van der Waals surface area contributed by atoms with Crippen molar-refractivity contribution in [3.8, 4) is 0 Å². The number of aliphatic hydroxyl groups is 1. The van der Waals surface area contributed by atoms with E-state index in [0.29, 0.717) is 79.2 Å². The number of hydrogen-bond donors (Lipinski definition) is 5. The number of oxazole rings is 1. The largest absolute Gasteiger partial charge is 0.424 e. The van der Waals surface area contributed by atoms with Crippen LogP contribution in [0.25, 0.3) is 11.1 Å². The lowest BCUT2D eigenvalue weighted by molar-refractivity contribution is -0.144. The van der Waals surface area contributed by atoms with Crippen molar-refractivity contribution < 1.29 is 47.8 Å². The van der Waals surface area contributed by atoms with Crippen LogP contribution in [-0.4, -0.2) is 129 Å². The maximum atomic E-state index is 14.4. The van der Waals surface area contributed by atoms with Crippen molar-refractivity contribution in [2.75, 3.05) is 38.2 Å². The molecule has 448 valence electrons. The van der Waals surface area contributed by atoms with Crippen LogP contribution in [-0.2, 0) is 38.2 Å². The van der Waals surface area contributed by atoms with Gasteiger partial charge in [-0.15, -0.1) is 0 Å². The molecule has 11 aliphatic rings. The van der Waals surface area contributed by atoms with Crippen molar-refractivity contribution in [2.24, 2.45) is 69.3 Å². The van der Waals surface area contributed by atoms with Crippen molar-refractivity contribution in [2.45, 2.75) is 148 Å². The first-order valence-corrected chi connectivity index (χ1v) is 30.9. The van der Waals surface area contributed by atoms with Crippen LogP contribution in [0.15, 0.2) is 101 Å². The van der Waals surface area contributed by atoms with E-state index in [0.717, 1.165) is 80.9 Å². The number of aromatic nitrogens is 1. The lowest BCUT2D eigenvalue weighted by Crippen LogP contribution is -2.58. The highest BCUT2D eigenvalue weighted by Crippen LogP contribution is 2.68. The summed E-state index contributed by atoms with van der Waals surface area (Å²) < 4.78 is 17.4. The minimum Gasteiger partial charge on any atom is -0.424 e. The lowest BCUT2D eigenvalue weighted by Gasteiger charge is -2.37. The highest BCUT2D eigenvalue weighted by atomic mass is 16.5. The zero-order valence-corrected chi connectivity index (χ0v) is 49.4. The summed E-state index contributed by atoms with van der Waals surface area (Å²) in [5.74, 6) is 0.869. The first kappa shape index (κ1) is 57.9. The molecule has 5 amide bonds. The van der Waals surface area contributed by atoms with Gasteiger partial charge in [-0.3, -0.25) is 28.8 Å². The highest BCUT2D eigenvalue weighted by molar-refractivity contribution is 6.37. The SMILES string of the molecule is CC1(C)C2[C@@H](C(=O)NC(CC3CCC3)C(=O)C(N)=O)N(C(=O)[C@@H](Nc3nc4ccccc4o3)C3CCCCC3)C[C@@H]21.CC1(C)[C@@H]2C(CO)NC[C@@H]21.CC1(C)[C@@H]2C3CO[C@H](c4ccccc4)N3C(=O)[C@@H]21.O=C1C=CC2CO[C@H](c3ccccc3)N12. The number of Topliss-reactive ketones (excluding diaryl/α,β-unsaturated/α-hetero) is 1. The molecule has 0 radical (unpaired) electrons. The zero-order chi connectivity index (χ0) is 59.0. The average molecular weight is 1150 g/mol. The number of rotatable bonds is 13. The number of nitrogens with one attached hydrogen (secondary N) is 3. The Hall–Kier alpha value is -6.47. The van der Waals surface area contributed by atoms with E-state index in [4.69, 9.17) is 24.7 Å². The van der Waals surface area contributed by atoms with E-state index >= 15 is 0 Å². The van der Waals surface area contributed by atoms with Gasteiger partial charge in [-0.25, -0.2) is 0 Å². The normalized spacial score (nSPS) is 32.6. The van der Waals surface area contributed by atoms with Gasteiger partial charge in [-0.05, 0) is 95.6 Å². The monoisotopic (exact) mass is 1150 g/mol. The van der Waals surface area contributed by atoms with Gasteiger partial charge in [-0.2, -0.15) is 4.98 Å². The van der Waals surface area contributed by atoms with Crippen LogP contribution in [0.2, 0.25) is 0 Å². The molecule has 5 aliphatic carbocycles. The maximum Gasteiger partial charge on any atom is 0.296 e. The fourth-order valence-corrected chi connectivity index (χ4v) is 16.3. The number of hydrogen-bond acceptors (Lipinski definition) is 13. The lowest BCUT2D eigenvalue weighted by atomic mass is 9.80. The van der Waals surface area contributed by atoms with Crippen molar-refractivity contribution in [3.63, 3.8) is 0 Å².